The molecule has 3 rings (SSSR count). The van der Waals surface area contributed by atoms with Gasteiger partial charge in [0.25, 0.3) is 0 Å². The van der Waals surface area contributed by atoms with Crippen molar-refractivity contribution >= 4 is 11.3 Å². The summed E-state index contributed by atoms with van der Waals surface area (Å²) in [5.41, 5.74) is 4.08. The lowest BCUT2D eigenvalue weighted by Crippen LogP contribution is -2.23. The molecule has 1 aromatic carbocycles. The molecule has 17 heavy (non-hydrogen) atoms. The summed E-state index contributed by atoms with van der Waals surface area (Å²) in [5, 5.41) is 13.1. The average Bonchev–Trinajstić information content (AvgIpc) is 2.85. The van der Waals surface area contributed by atoms with Crippen LogP contribution in [-0.2, 0) is 12.0 Å². The van der Waals surface area contributed by atoms with Crippen molar-refractivity contribution in [2.24, 2.45) is 0 Å². The fourth-order valence-corrected chi connectivity index (χ4v) is 3.84. The lowest BCUT2D eigenvalue weighted by molar-refractivity contribution is 0.0862. The number of hydrogen-bond acceptors (Lipinski definition) is 2. The van der Waals surface area contributed by atoms with Crippen LogP contribution in [0.5, 0.6) is 0 Å². The van der Waals surface area contributed by atoms with E-state index in [0.29, 0.717) is 0 Å². The standard InChI is InChI=1S/C15H16OS/c1-10-3-4-12-5-7-15(16,13(12)9-10)14-11(2)6-8-17-14/h3-4,6,8-9,16H,5,7H2,1-2H3. The van der Waals surface area contributed by atoms with E-state index >= 15 is 0 Å². The maximum absolute atomic E-state index is 11.0. The summed E-state index contributed by atoms with van der Waals surface area (Å²) < 4.78 is 0. The van der Waals surface area contributed by atoms with Crippen molar-refractivity contribution in [2.75, 3.05) is 0 Å². The Hall–Kier alpha value is -1.12. The van der Waals surface area contributed by atoms with Crippen molar-refractivity contribution < 1.29 is 5.11 Å². The molecule has 1 unspecified atom stereocenters. The van der Waals surface area contributed by atoms with Crippen molar-refractivity contribution in [3.63, 3.8) is 0 Å². The second-order valence-electron chi connectivity index (χ2n) is 4.95. The molecule has 0 fully saturated rings. The van der Waals surface area contributed by atoms with Crippen LogP contribution in [0.4, 0.5) is 0 Å². The molecule has 0 aliphatic heterocycles. The van der Waals surface area contributed by atoms with Crippen molar-refractivity contribution in [3.8, 4) is 0 Å². The summed E-state index contributed by atoms with van der Waals surface area (Å²) in [6.45, 7) is 4.16. The highest BCUT2D eigenvalue weighted by atomic mass is 32.1. The van der Waals surface area contributed by atoms with Crippen molar-refractivity contribution in [2.45, 2.75) is 32.3 Å². The van der Waals surface area contributed by atoms with E-state index in [0.717, 1.165) is 23.3 Å². The molecule has 0 radical (unpaired) electrons. The van der Waals surface area contributed by atoms with Gasteiger partial charge in [0.1, 0.15) is 5.60 Å². The third kappa shape index (κ3) is 1.55. The first-order chi connectivity index (χ1) is 8.11. The minimum absolute atomic E-state index is 0.750. The Kier molecular flexibility index (Phi) is 2.39. The van der Waals surface area contributed by atoms with Gasteiger partial charge in [-0.2, -0.15) is 0 Å². The summed E-state index contributed by atoms with van der Waals surface area (Å²) in [6.07, 6.45) is 1.79. The molecule has 0 bridgehead atoms. The van der Waals surface area contributed by atoms with E-state index in [-0.39, 0.29) is 0 Å². The van der Waals surface area contributed by atoms with E-state index in [1.807, 2.05) is 0 Å². The van der Waals surface area contributed by atoms with Gasteiger partial charge in [0.2, 0.25) is 0 Å². The number of benzene rings is 1. The minimum Gasteiger partial charge on any atom is -0.380 e. The molecular formula is C15H16OS. The SMILES string of the molecule is Cc1ccc2c(c1)C(O)(c1sccc1C)CC2. The van der Waals surface area contributed by atoms with Gasteiger partial charge in [0.05, 0.1) is 0 Å². The number of hydrogen-bond donors (Lipinski definition) is 1. The molecule has 1 aliphatic rings. The zero-order valence-corrected chi connectivity index (χ0v) is 11.0. The van der Waals surface area contributed by atoms with Gasteiger partial charge in [-0.1, -0.05) is 23.8 Å². The second kappa shape index (κ2) is 3.69. The zero-order chi connectivity index (χ0) is 12.0. The molecule has 88 valence electrons. The molecule has 0 spiro atoms. The van der Waals surface area contributed by atoms with Crippen LogP contribution >= 0.6 is 11.3 Å². The van der Waals surface area contributed by atoms with Gasteiger partial charge >= 0.3 is 0 Å². The van der Waals surface area contributed by atoms with E-state index < -0.39 is 5.60 Å². The normalized spacial score (nSPS) is 22.8. The van der Waals surface area contributed by atoms with Crippen LogP contribution in [0.1, 0.15) is 33.6 Å². The largest absolute Gasteiger partial charge is 0.380 e. The first kappa shape index (κ1) is 11.0. The lowest BCUT2D eigenvalue weighted by Gasteiger charge is -2.24. The van der Waals surface area contributed by atoms with E-state index in [1.165, 1.54) is 16.7 Å². The lowest BCUT2D eigenvalue weighted by atomic mass is 9.91. The summed E-state index contributed by atoms with van der Waals surface area (Å²) in [5.74, 6) is 0. The fourth-order valence-electron chi connectivity index (χ4n) is 2.78. The van der Waals surface area contributed by atoms with Gasteiger partial charge in [-0.25, -0.2) is 0 Å². The predicted octanol–water partition coefficient (Wildman–Crippen LogP) is 3.55. The van der Waals surface area contributed by atoms with Gasteiger partial charge in [-0.05, 0) is 54.8 Å². The first-order valence-electron chi connectivity index (χ1n) is 5.98. The molecule has 1 atom stereocenters. The van der Waals surface area contributed by atoms with Gasteiger partial charge in [-0.3, -0.25) is 0 Å². The van der Waals surface area contributed by atoms with Crippen molar-refractivity contribution in [3.05, 3.63) is 56.8 Å². The second-order valence-corrected chi connectivity index (χ2v) is 5.87. The molecule has 2 aromatic rings. The molecular weight excluding hydrogens is 228 g/mol. The molecule has 0 amide bonds. The van der Waals surface area contributed by atoms with Gasteiger partial charge in [-0.15, -0.1) is 11.3 Å². The quantitative estimate of drug-likeness (QED) is 0.813. The third-order valence-corrected chi connectivity index (χ3v) is 4.87. The van der Waals surface area contributed by atoms with Gasteiger partial charge < -0.3 is 5.11 Å². The Morgan fingerprint density at radius 3 is 2.76 bits per heavy atom. The Morgan fingerprint density at radius 2 is 2.06 bits per heavy atom. The zero-order valence-electron chi connectivity index (χ0n) is 10.2. The molecule has 2 heteroatoms. The van der Waals surface area contributed by atoms with E-state index in [4.69, 9.17) is 0 Å². The predicted molar refractivity (Wildman–Crippen MR) is 71.6 cm³/mol. The smallest absolute Gasteiger partial charge is 0.125 e. The summed E-state index contributed by atoms with van der Waals surface area (Å²) in [6, 6.07) is 8.52. The first-order valence-corrected chi connectivity index (χ1v) is 6.86. The average molecular weight is 244 g/mol. The maximum atomic E-state index is 11.0. The molecule has 1 N–H and O–H groups in total. The van der Waals surface area contributed by atoms with Crippen molar-refractivity contribution in [1.29, 1.82) is 0 Å². The number of thiophene rings is 1. The van der Waals surface area contributed by atoms with Crippen LogP contribution in [0.25, 0.3) is 0 Å². The number of rotatable bonds is 1. The number of aryl methyl sites for hydroxylation is 3. The Bertz CT molecular complexity index is 570. The molecule has 1 heterocycles. The number of aliphatic hydroxyl groups is 1. The Labute approximate surface area is 106 Å². The summed E-state index contributed by atoms with van der Waals surface area (Å²) in [7, 11) is 0. The minimum atomic E-state index is -0.750. The molecule has 1 aliphatic carbocycles. The molecule has 0 saturated heterocycles. The van der Waals surface area contributed by atoms with Gasteiger partial charge in [0.15, 0.2) is 0 Å². The van der Waals surface area contributed by atoms with Crippen LogP contribution in [0.15, 0.2) is 29.6 Å². The monoisotopic (exact) mass is 244 g/mol. The maximum Gasteiger partial charge on any atom is 0.125 e. The van der Waals surface area contributed by atoms with E-state index in [9.17, 15) is 5.11 Å². The van der Waals surface area contributed by atoms with Gasteiger partial charge in [0, 0.05) is 4.88 Å². The van der Waals surface area contributed by atoms with Crippen LogP contribution < -0.4 is 0 Å². The van der Waals surface area contributed by atoms with E-state index in [1.54, 1.807) is 11.3 Å². The molecule has 1 aromatic heterocycles. The molecule has 0 saturated carbocycles. The van der Waals surface area contributed by atoms with Crippen LogP contribution in [0, 0.1) is 13.8 Å². The highest BCUT2D eigenvalue weighted by Gasteiger charge is 2.40. The third-order valence-electron chi connectivity index (χ3n) is 3.70. The van der Waals surface area contributed by atoms with Crippen LogP contribution in [0.3, 0.4) is 0 Å². The highest BCUT2D eigenvalue weighted by molar-refractivity contribution is 7.10. The Balaban J connectivity index is 2.20. The fraction of sp³-hybridized carbons (Fsp3) is 0.333. The number of fused-ring (bicyclic) bond motifs is 1. The van der Waals surface area contributed by atoms with Crippen LogP contribution in [0.2, 0.25) is 0 Å². The summed E-state index contributed by atoms with van der Waals surface area (Å²) >= 11 is 1.67. The Morgan fingerprint density at radius 1 is 1.24 bits per heavy atom. The van der Waals surface area contributed by atoms with E-state index in [2.05, 4.69) is 43.5 Å². The topological polar surface area (TPSA) is 20.2 Å². The molecule has 1 nitrogen and oxygen atoms in total. The summed E-state index contributed by atoms with van der Waals surface area (Å²) in [4.78, 5) is 1.11. The van der Waals surface area contributed by atoms with Crippen LogP contribution in [-0.4, -0.2) is 5.11 Å². The van der Waals surface area contributed by atoms with Crippen molar-refractivity contribution in [1.82, 2.24) is 0 Å². The highest BCUT2D eigenvalue weighted by Crippen LogP contribution is 2.45.